The monoisotopic (exact) mass is 210 g/mol. The van der Waals surface area contributed by atoms with Crippen LogP contribution in [0.5, 0.6) is 11.5 Å². The molecule has 0 N–H and O–H groups in total. The highest BCUT2D eigenvalue weighted by atomic mass is 16.5. The lowest BCUT2D eigenvalue weighted by Gasteiger charge is -2.08. The molecule has 1 nitrogen and oxygen atoms in total. The molecule has 80 valence electrons. The van der Waals surface area contributed by atoms with Crippen molar-refractivity contribution in [2.45, 2.75) is 13.8 Å². The van der Waals surface area contributed by atoms with E-state index in [1.54, 1.807) is 0 Å². The third kappa shape index (κ3) is 2.46. The molecule has 0 unspecified atom stereocenters. The Bertz CT molecular complexity index is 489. The Hall–Kier alpha value is -1.70. The van der Waals surface area contributed by atoms with Crippen LogP contribution in [-0.2, 0) is 0 Å². The zero-order chi connectivity index (χ0) is 11.5. The second-order valence-corrected chi connectivity index (χ2v) is 4.16. The first-order valence-corrected chi connectivity index (χ1v) is 5.47. The summed E-state index contributed by atoms with van der Waals surface area (Å²) in [5.74, 6) is 1.78. The van der Waals surface area contributed by atoms with Gasteiger partial charge in [0.25, 0.3) is 0 Å². The van der Waals surface area contributed by atoms with Crippen molar-refractivity contribution in [2.24, 2.45) is 0 Å². The summed E-state index contributed by atoms with van der Waals surface area (Å²) < 4.78 is 5.77. The van der Waals surface area contributed by atoms with Crippen molar-refractivity contribution in [1.82, 2.24) is 0 Å². The van der Waals surface area contributed by atoms with E-state index in [4.69, 9.17) is 4.74 Å². The molecule has 0 fully saturated rings. The molecular weight excluding hydrogens is 195 g/mol. The maximum absolute atomic E-state index is 5.77. The first-order chi connectivity index (χ1) is 7.65. The van der Waals surface area contributed by atoms with E-state index in [9.17, 15) is 0 Å². The van der Waals surface area contributed by atoms with Crippen LogP contribution in [0.2, 0.25) is 0 Å². The van der Waals surface area contributed by atoms with Gasteiger partial charge in [-0.3, -0.25) is 0 Å². The largest absolute Gasteiger partial charge is 0.457 e. The number of hydrogen-bond acceptors (Lipinski definition) is 1. The molecule has 0 amide bonds. The lowest BCUT2D eigenvalue weighted by molar-refractivity contribution is 0.483. The molecule has 0 saturated carbocycles. The van der Waals surface area contributed by atoms with Gasteiger partial charge in [0.15, 0.2) is 0 Å². The average Bonchev–Trinajstić information content (AvgIpc) is 2.27. The Balaban J connectivity index is 2.20. The van der Waals surface area contributed by atoms with E-state index < -0.39 is 0 Å². The fourth-order valence-corrected chi connectivity index (χ4v) is 1.52. The summed E-state index contributed by atoms with van der Waals surface area (Å²) >= 11 is 0. The lowest BCUT2D eigenvalue weighted by atomic mass is 9.91. The van der Waals surface area contributed by atoms with Crippen LogP contribution in [0.4, 0.5) is 0 Å². The SMILES string of the molecule is Bc1cc(Oc2ccc(C)cc2)ccc1C. The molecule has 0 bridgehead atoms. The Morgan fingerprint density at radius 3 is 2.12 bits per heavy atom. The van der Waals surface area contributed by atoms with Crippen molar-refractivity contribution in [3.05, 3.63) is 53.6 Å². The summed E-state index contributed by atoms with van der Waals surface area (Å²) in [7, 11) is 2.09. The standard InChI is InChI=1S/C14H15BO/c1-10-3-6-12(7-4-10)16-13-8-5-11(2)14(15)9-13/h3-9H,15H2,1-2H3. The highest BCUT2D eigenvalue weighted by Gasteiger charge is 1.98. The summed E-state index contributed by atoms with van der Waals surface area (Å²) in [5, 5.41) is 0. The third-order valence-electron chi connectivity index (χ3n) is 2.74. The molecule has 0 heterocycles. The molecule has 0 spiro atoms. The Morgan fingerprint density at radius 1 is 0.875 bits per heavy atom. The summed E-state index contributed by atoms with van der Waals surface area (Å²) in [6.45, 7) is 4.17. The van der Waals surface area contributed by atoms with Crippen molar-refractivity contribution in [1.29, 1.82) is 0 Å². The minimum Gasteiger partial charge on any atom is -0.457 e. The number of hydrogen-bond donors (Lipinski definition) is 0. The van der Waals surface area contributed by atoms with Crippen molar-refractivity contribution in [2.75, 3.05) is 0 Å². The van der Waals surface area contributed by atoms with Crippen LogP contribution in [-0.4, -0.2) is 7.85 Å². The summed E-state index contributed by atoms with van der Waals surface area (Å²) in [5.41, 5.74) is 3.79. The fraction of sp³-hybridized carbons (Fsp3) is 0.143. The van der Waals surface area contributed by atoms with Crippen LogP contribution in [0, 0.1) is 13.8 Å². The van der Waals surface area contributed by atoms with Gasteiger partial charge in [-0.05, 0) is 38.1 Å². The predicted octanol–water partition coefficient (Wildman–Crippen LogP) is 2.35. The van der Waals surface area contributed by atoms with Crippen LogP contribution in [0.1, 0.15) is 11.1 Å². The quantitative estimate of drug-likeness (QED) is 0.691. The van der Waals surface area contributed by atoms with Gasteiger partial charge in [0.2, 0.25) is 0 Å². The predicted molar refractivity (Wildman–Crippen MR) is 70.6 cm³/mol. The average molecular weight is 210 g/mol. The first-order valence-electron chi connectivity index (χ1n) is 5.47. The van der Waals surface area contributed by atoms with Gasteiger partial charge in [0, 0.05) is 0 Å². The topological polar surface area (TPSA) is 9.23 Å². The Labute approximate surface area is 97.5 Å². The second kappa shape index (κ2) is 4.44. The molecule has 16 heavy (non-hydrogen) atoms. The van der Waals surface area contributed by atoms with Crippen molar-refractivity contribution >= 4 is 13.3 Å². The fourth-order valence-electron chi connectivity index (χ4n) is 1.52. The molecule has 0 saturated heterocycles. The minimum absolute atomic E-state index is 0.883. The van der Waals surface area contributed by atoms with Crippen LogP contribution in [0.3, 0.4) is 0 Å². The van der Waals surface area contributed by atoms with Gasteiger partial charge in [-0.2, -0.15) is 0 Å². The summed E-state index contributed by atoms with van der Waals surface area (Å²) in [4.78, 5) is 0. The highest BCUT2D eigenvalue weighted by Crippen LogP contribution is 2.20. The van der Waals surface area contributed by atoms with E-state index in [0.717, 1.165) is 11.5 Å². The van der Waals surface area contributed by atoms with Gasteiger partial charge in [0.05, 0.1) is 0 Å². The molecule has 0 aromatic heterocycles. The van der Waals surface area contributed by atoms with Crippen LogP contribution >= 0.6 is 0 Å². The zero-order valence-corrected chi connectivity index (χ0v) is 9.95. The highest BCUT2D eigenvalue weighted by molar-refractivity contribution is 6.33. The normalized spacial score (nSPS) is 10.1. The van der Waals surface area contributed by atoms with Crippen LogP contribution in [0.25, 0.3) is 0 Å². The second-order valence-electron chi connectivity index (χ2n) is 4.16. The van der Waals surface area contributed by atoms with Gasteiger partial charge in [-0.15, -0.1) is 0 Å². The molecule has 0 atom stereocenters. The molecule has 2 heteroatoms. The summed E-state index contributed by atoms with van der Waals surface area (Å²) in [6, 6.07) is 14.2. The summed E-state index contributed by atoms with van der Waals surface area (Å²) in [6.07, 6.45) is 0. The number of aryl methyl sites for hydroxylation is 2. The van der Waals surface area contributed by atoms with E-state index in [0.29, 0.717) is 0 Å². The maximum Gasteiger partial charge on any atom is 0.139 e. The van der Waals surface area contributed by atoms with Gasteiger partial charge in [-0.1, -0.05) is 34.8 Å². The molecular formula is C14H15BO. The van der Waals surface area contributed by atoms with E-state index >= 15 is 0 Å². The molecule has 0 radical (unpaired) electrons. The maximum atomic E-state index is 5.77. The zero-order valence-electron chi connectivity index (χ0n) is 9.95. The van der Waals surface area contributed by atoms with Crippen molar-refractivity contribution in [3.8, 4) is 11.5 Å². The van der Waals surface area contributed by atoms with Crippen LogP contribution in [0.15, 0.2) is 42.5 Å². The molecule has 2 rings (SSSR count). The lowest BCUT2D eigenvalue weighted by Crippen LogP contribution is -2.06. The minimum atomic E-state index is 0.883. The third-order valence-corrected chi connectivity index (χ3v) is 2.74. The molecule has 0 aliphatic heterocycles. The van der Waals surface area contributed by atoms with E-state index in [2.05, 4.69) is 46.0 Å². The Kier molecular flexibility index (Phi) is 3.00. The smallest absolute Gasteiger partial charge is 0.139 e. The van der Waals surface area contributed by atoms with Crippen molar-refractivity contribution in [3.63, 3.8) is 0 Å². The first kappa shape index (κ1) is 10.8. The van der Waals surface area contributed by atoms with Gasteiger partial charge in [-0.25, -0.2) is 0 Å². The molecule has 2 aromatic rings. The van der Waals surface area contributed by atoms with E-state index in [1.807, 2.05) is 18.2 Å². The number of benzene rings is 2. The van der Waals surface area contributed by atoms with Crippen LogP contribution < -0.4 is 10.2 Å². The number of ether oxygens (including phenoxy) is 1. The number of rotatable bonds is 2. The molecule has 0 aliphatic rings. The van der Waals surface area contributed by atoms with E-state index in [-0.39, 0.29) is 0 Å². The molecule has 0 aliphatic carbocycles. The Morgan fingerprint density at radius 2 is 1.50 bits per heavy atom. The van der Waals surface area contributed by atoms with E-state index in [1.165, 1.54) is 16.6 Å². The van der Waals surface area contributed by atoms with Gasteiger partial charge < -0.3 is 4.74 Å². The van der Waals surface area contributed by atoms with Gasteiger partial charge >= 0.3 is 0 Å². The molecule has 2 aromatic carbocycles. The van der Waals surface area contributed by atoms with Gasteiger partial charge in [0.1, 0.15) is 19.3 Å². The van der Waals surface area contributed by atoms with Crippen molar-refractivity contribution < 1.29 is 4.74 Å².